The molecule has 2 nitrogen and oxygen atoms in total. The number of carbonyl (C=O) groups is 1. The van der Waals surface area contributed by atoms with Gasteiger partial charge in [0.15, 0.2) is 5.78 Å². The Hall–Kier alpha value is -2.09. The third kappa shape index (κ3) is 3.47. The molecule has 0 heterocycles. The first-order chi connectivity index (χ1) is 9.60. The molecule has 0 bridgehead atoms. The van der Waals surface area contributed by atoms with Crippen molar-refractivity contribution in [1.29, 1.82) is 0 Å². The third-order valence-corrected chi connectivity index (χ3v) is 3.34. The first-order valence-electron chi connectivity index (χ1n) is 6.92. The van der Waals surface area contributed by atoms with Crippen molar-refractivity contribution >= 4 is 5.78 Å². The molecule has 0 radical (unpaired) electrons. The highest BCUT2D eigenvalue weighted by atomic mass is 16.5. The Balaban J connectivity index is 2.13. The highest BCUT2D eigenvalue weighted by molar-refractivity contribution is 5.96. The third-order valence-electron chi connectivity index (χ3n) is 3.34. The average Bonchev–Trinajstić information content (AvgIpc) is 2.45. The standard InChI is InChI=1S/C18H20O2/c1-4-15-6-8-16(9-7-15)12-20-18-11-13(2)5-10-17(18)14(3)19/h5-11H,4,12H2,1-3H3. The number of aryl methyl sites for hydroxylation is 2. The molecule has 20 heavy (non-hydrogen) atoms. The predicted molar refractivity (Wildman–Crippen MR) is 81.3 cm³/mol. The van der Waals surface area contributed by atoms with E-state index in [1.54, 1.807) is 6.92 Å². The Morgan fingerprint density at radius 2 is 1.70 bits per heavy atom. The summed E-state index contributed by atoms with van der Waals surface area (Å²) in [5.41, 5.74) is 4.15. The van der Waals surface area contributed by atoms with Gasteiger partial charge in [-0.05, 0) is 49.1 Å². The number of hydrogen-bond acceptors (Lipinski definition) is 2. The van der Waals surface area contributed by atoms with E-state index in [4.69, 9.17) is 4.74 Å². The average molecular weight is 268 g/mol. The molecule has 2 rings (SSSR count). The van der Waals surface area contributed by atoms with E-state index >= 15 is 0 Å². The first kappa shape index (κ1) is 14.3. The molecule has 2 aromatic rings. The molecule has 0 unspecified atom stereocenters. The molecule has 0 spiro atoms. The van der Waals surface area contributed by atoms with Crippen LogP contribution in [0.4, 0.5) is 0 Å². The van der Waals surface area contributed by atoms with Crippen LogP contribution in [0.3, 0.4) is 0 Å². The van der Waals surface area contributed by atoms with Gasteiger partial charge in [-0.15, -0.1) is 0 Å². The van der Waals surface area contributed by atoms with E-state index in [0.717, 1.165) is 17.5 Å². The Morgan fingerprint density at radius 1 is 1.05 bits per heavy atom. The van der Waals surface area contributed by atoms with Crippen molar-refractivity contribution in [3.8, 4) is 5.75 Å². The summed E-state index contributed by atoms with van der Waals surface area (Å²) in [7, 11) is 0. The fourth-order valence-corrected chi connectivity index (χ4v) is 2.07. The van der Waals surface area contributed by atoms with Crippen LogP contribution in [0.25, 0.3) is 0 Å². The van der Waals surface area contributed by atoms with Crippen LogP contribution in [0.5, 0.6) is 5.75 Å². The van der Waals surface area contributed by atoms with Gasteiger partial charge >= 0.3 is 0 Å². The summed E-state index contributed by atoms with van der Waals surface area (Å²) in [5.74, 6) is 0.693. The van der Waals surface area contributed by atoms with Crippen molar-refractivity contribution < 1.29 is 9.53 Å². The molecule has 2 aromatic carbocycles. The zero-order chi connectivity index (χ0) is 14.5. The molecule has 0 atom stereocenters. The van der Waals surface area contributed by atoms with Crippen molar-refractivity contribution in [3.63, 3.8) is 0 Å². The molecule has 2 heteroatoms. The van der Waals surface area contributed by atoms with Gasteiger partial charge in [-0.3, -0.25) is 4.79 Å². The number of hydrogen-bond donors (Lipinski definition) is 0. The molecule has 0 amide bonds. The maximum absolute atomic E-state index is 11.6. The summed E-state index contributed by atoms with van der Waals surface area (Å²) in [6.07, 6.45) is 1.04. The lowest BCUT2D eigenvalue weighted by molar-refractivity contribution is 0.101. The van der Waals surface area contributed by atoms with Crippen molar-refractivity contribution in [2.24, 2.45) is 0 Å². The summed E-state index contributed by atoms with van der Waals surface area (Å²) >= 11 is 0. The Bertz CT molecular complexity index is 597. The lowest BCUT2D eigenvalue weighted by atomic mass is 10.1. The van der Waals surface area contributed by atoms with Crippen molar-refractivity contribution in [2.45, 2.75) is 33.8 Å². The van der Waals surface area contributed by atoms with Crippen molar-refractivity contribution in [1.82, 2.24) is 0 Å². The van der Waals surface area contributed by atoms with Crippen LogP contribution in [-0.2, 0) is 13.0 Å². The molecule has 0 aliphatic carbocycles. The van der Waals surface area contributed by atoms with Crippen LogP contribution < -0.4 is 4.74 Å². The minimum atomic E-state index is 0.0290. The molecule has 104 valence electrons. The number of rotatable bonds is 5. The van der Waals surface area contributed by atoms with E-state index in [0.29, 0.717) is 17.9 Å². The van der Waals surface area contributed by atoms with Crippen LogP contribution in [0.15, 0.2) is 42.5 Å². The molecule has 0 aromatic heterocycles. The second kappa shape index (κ2) is 6.38. The summed E-state index contributed by atoms with van der Waals surface area (Å²) in [5, 5.41) is 0. The lowest BCUT2D eigenvalue weighted by Crippen LogP contribution is -2.02. The van der Waals surface area contributed by atoms with Crippen molar-refractivity contribution in [2.75, 3.05) is 0 Å². The Kier molecular flexibility index (Phi) is 4.57. The van der Waals surface area contributed by atoms with E-state index in [9.17, 15) is 4.79 Å². The SMILES string of the molecule is CCc1ccc(COc2cc(C)ccc2C(C)=O)cc1. The highest BCUT2D eigenvalue weighted by Gasteiger charge is 2.08. The number of ketones is 1. The van der Waals surface area contributed by atoms with Gasteiger partial charge in [0.1, 0.15) is 12.4 Å². The van der Waals surface area contributed by atoms with Gasteiger partial charge in [0.25, 0.3) is 0 Å². The minimum absolute atomic E-state index is 0.0290. The van der Waals surface area contributed by atoms with E-state index < -0.39 is 0 Å². The normalized spacial score (nSPS) is 10.3. The van der Waals surface area contributed by atoms with Crippen LogP contribution in [0.1, 0.15) is 40.9 Å². The summed E-state index contributed by atoms with van der Waals surface area (Å²) in [6.45, 7) is 6.17. The van der Waals surface area contributed by atoms with E-state index in [1.807, 2.05) is 25.1 Å². The van der Waals surface area contributed by atoms with Gasteiger partial charge in [-0.25, -0.2) is 0 Å². The summed E-state index contributed by atoms with van der Waals surface area (Å²) in [6, 6.07) is 14.0. The quantitative estimate of drug-likeness (QED) is 0.754. The molecule has 0 fully saturated rings. The monoisotopic (exact) mass is 268 g/mol. The van der Waals surface area contributed by atoms with Gasteiger partial charge in [0.2, 0.25) is 0 Å². The number of ether oxygens (including phenoxy) is 1. The van der Waals surface area contributed by atoms with Crippen LogP contribution in [0, 0.1) is 6.92 Å². The summed E-state index contributed by atoms with van der Waals surface area (Å²) in [4.78, 5) is 11.6. The van der Waals surface area contributed by atoms with Gasteiger partial charge in [0.05, 0.1) is 5.56 Å². The van der Waals surface area contributed by atoms with E-state index in [2.05, 4.69) is 31.2 Å². The second-order valence-corrected chi connectivity index (χ2v) is 5.01. The molecule has 0 saturated carbocycles. The number of carbonyl (C=O) groups excluding carboxylic acids is 1. The molecule has 0 aliphatic rings. The molecular weight excluding hydrogens is 248 g/mol. The van der Waals surface area contributed by atoms with Crippen LogP contribution in [-0.4, -0.2) is 5.78 Å². The first-order valence-corrected chi connectivity index (χ1v) is 6.92. The molecular formula is C18H20O2. The molecule has 0 saturated heterocycles. The fourth-order valence-electron chi connectivity index (χ4n) is 2.07. The Morgan fingerprint density at radius 3 is 2.30 bits per heavy atom. The Labute approximate surface area is 120 Å². The van der Waals surface area contributed by atoms with E-state index in [1.165, 1.54) is 5.56 Å². The smallest absolute Gasteiger partial charge is 0.163 e. The minimum Gasteiger partial charge on any atom is -0.488 e. The molecule has 0 aliphatic heterocycles. The zero-order valence-electron chi connectivity index (χ0n) is 12.3. The topological polar surface area (TPSA) is 26.3 Å². The second-order valence-electron chi connectivity index (χ2n) is 5.01. The molecule has 0 N–H and O–H groups in total. The largest absolute Gasteiger partial charge is 0.488 e. The maximum Gasteiger partial charge on any atom is 0.163 e. The van der Waals surface area contributed by atoms with Gasteiger partial charge < -0.3 is 4.74 Å². The lowest BCUT2D eigenvalue weighted by Gasteiger charge is -2.11. The summed E-state index contributed by atoms with van der Waals surface area (Å²) < 4.78 is 5.82. The highest BCUT2D eigenvalue weighted by Crippen LogP contribution is 2.22. The van der Waals surface area contributed by atoms with Crippen LogP contribution in [0.2, 0.25) is 0 Å². The van der Waals surface area contributed by atoms with Gasteiger partial charge in [-0.1, -0.05) is 37.3 Å². The maximum atomic E-state index is 11.6. The fraction of sp³-hybridized carbons (Fsp3) is 0.278. The predicted octanol–water partition coefficient (Wildman–Crippen LogP) is 4.34. The van der Waals surface area contributed by atoms with E-state index in [-0.39, 0.29) is 5.78 Å². The number of Topliss-reactive ketones (excluding diaryl/α,β-unsaturated/α-hetero) is 1. The van der Waals surface area contributed by atoms with Crippen molar-refractivity contribution in [3.05, 3.63) is 64.7 Å². The van der Waals surface area contributed by atoms with Gasteiger partial charge in [-0.2, -0.15) is 0 Å². The number of benzene rings is 2. The zero-order valence-corrected chi connectivity index (χ0v) is 12.3. The van der Waals surface area contributed by atoms with Crippen LogP contribution >= 0.6 is 0 Å². The van der Waals surface area contributed by atoms with Gasteiger partial charge in [0, 0.05) is 0 Å².